The van der Waals surface area contributed by atoms with Crippen LogP contribution in [-0.4, -0.2) is 19.3 Å². The van der Waals surface area contributed by atoms with Crippen molar-refractivity contribution in [3.8, 4) is 5.75 Å². The van der Waals surface area contributed by atoms with Crippen molar-refractivity contribution in [2.75, 3.05) is 7.11 Å². The molecule has 1 aliphatic rings. The highest BCUT2D eigenvalue weighted by Crippen LogP contribution is 2.36. The van der Waals surface area contributed by atoms with Gasteiger partial charge in [0, 0.05) is 11.6 Å². The third kappa shape index (κ3) is 3.18. The number of rotatable bonds is 2. The maximum Gasteiger partial charge on any atom is 0.403 e. The molecule has 0 amide bonds. The van der Waals surface area contributed by atoms with Crippen LogP contribution in [0, 0.1) is 5.82 Å². The van der Waals surface area contributed by atoms with Crippen LogP contribution in [0.15, 0.2) is 18.2 Å². The second-order valence-electron chi connectivity index (χ2n) is 4.63. The van der Waals surface area contributed by atoms with E-state index in [1.807, 2.05) is 0 Å². The smallest absolute Gasteiger partial charge is 0.403 e. The van der Waals surface area contributed by atoms with Crippen LogP contribution in [0.4, 0.5) is 17.6 Å². The lowest BCUT2D eigenvalue weighted by molar-refractivity contribution is -0.163. The second-order valence-corrected chi connectivity index (χ2v) is 4.63. The molecule has 1 N–H and O–H groups in total. The summed E-state index contributed by atoms with van der Waals surface area (Å²) in [5.74, 6) is -0.0755. The van der Waals surface area contributed by atoms with Gasteiger partial charge in [-0.25, -0.2) is 4.39 Å². The fourth-order valence-electron chi connectivity index (χ4n) is 2.42. The highest BCUT2D eigenvalue weighted by atomic mass is 19.4. The van der Waals surface area contributed by atoms with Gasteiger partial charge in [0.25, 0.3) is 0 Å². The fraction of sp³-hybridized carbons (Fsp3) is 0.538. The molecule has 1 aliphatic heterocycles. The monoisotopic (exact) mass is 277 g/mol. The van der Waals surface area contributed by atoms with Gasteiger partial charge in [0.2, 0.25) is 0 Å². The zero-order valence-electron chi connectivity index (χ0n) is 10.4. The van der Waals surface area contributed by atoms with Gasteiger partial charge in [0.05, 0.1) is 7.11 Å². The number of nitrogens with one attached hydrogen (secondary N) is 1. The van der Waals surface area contributed by atoms with Crippen molar-refractivity contribution >= 4 is 0 Å². The summed E-state index contributed by atoms with van der Waals surface area (Å²) in [7, 11) is 1.42. The van der Waals surface area contributed by atoms with Crippen molar-refractivity contribution in [1.82, 2.24) is 5.32 Å². The molecule has 2 rings (SSSR count). The average molecular weight is 277 g/mol. The molecule has 2 atom stereocenters. The molecule has 106 valence electrons. The Morgan fingerprint density at radius 3 is 2.63 bits per heavy atom. The van der Waals surface area contributed by atoms with Gasteiger partial charge in [0.1, 0.15) is 17.6 Å². The summed E-state index contributed by atoms with van der Waals surface area (Å²) in [5, 5.41) is 2.54. The Labute approximate surface area is 108 Å². The number of piperidine rings is 1. The van der Waals surface area contributed by atoms with Crippen LogP contribution >= 0.6 is 0 Å². The van der Waals surface area contributed by atoms with Crippen molar-refractivity contribution in [1.29, 1.82) is 0 Å². The van der Waals surface area contributed by atoms with Gasteiger partial charge < -0.3 is 4.74 Å². The normalized spacial score (nSPS) is 24.3. The first-order chi connectivity index (χ1) is 8.91. The lowest BCUT2D eigenvalue weighted by atomic mass is 9.92. The summed E-state index contributed by atoms with van der Waals surface area (Å²) in [6.07, 6.45) is -3.25. The Kier molecular flexibility index (Phi) is 3.99. The van der Waals surface area contributed by atoms with Crippen LogP contribution in [0.3, 0.4) is 0 Å². The maximum atomic E-state index is 13.3. The molecule has 6 heteroatoms. The Balaban J connectivity index is 2.24. The number of hydrogen-bond acceptors (Lipinski definition) is 2. The van der Waals surface area contributed by atoms with Crippen molar-refractivity contribution in [3.05, 3.63) is 29.6 Å². The zero-order valence-corrected chi connectivity index (χ0v) is 10.4. The number of benzene rings is 1. The van der Waals surface area contributed by atoms with Crippen LogP contribution in [-0.2, 0) is 0 Å². The summed E-state index contributed by atoms with van der Waals surface area (Å²) >= 11 is 0. The quantitative estimate of drug-likeness (QED) is 0.834. The van der Waals surface area contributed by atoms with Gasteiger partial charge in [-0.2, -0.15) is 13.2 Å². The zero-order chi connectivity index (χ0) is 14.0. The summed E-state index contributed by atoms with van der Waals surface area (Å²) in [6, 6.07) is 1.82. The Morgan fingerprint density at radius 2 is 2.00 bits per heavy atom. The van der Waals surface area contributed by atoms with Gasteiger partial charge in [-0.15, -0.1) is 0 Å². The highest BCUT2D eigenvalue weighted by molar-refractivity contribution is 5.36. The van der Waals surface area contributed by atoms with Gasteiger partial charge in [-0.05, 0) is 37.5 Å². The lowest BCUT2D eigenvalue weighted by Gasteiger charge is -2.33. The van der Waals surface area contributed by atoms with Crippen LogP contribution in [0.2, 0.25) is 0 Å². The molecule has 0 aliphatic carbocycles. The SMILES string of the molecule is COc1ccc(F)cc1C1CCCC(C(F)(F)F)N1. The summed E-state index contributed by atoms with van der Waals surface area (Å²) in [4.78, 5) is 0. The van der Waals surface area contributed by atoms with E-state index in [1.165, 1.54) is 25.3 Å². The highest BCUT2D eigenvalue weighted by Gasteiger charge is 2.42. The largest absolute Gasteiger partial charge is 0.496 e. The molecule has 1 saturated heterocycles. The molecule has 0 aromatic heterocycles. The van der Waals surface area contributed by atoms with Crippen LogP contribution in [0.5, 0.6) is 5.75 Å². The molecule has 1 fully saturated rings. The van der Waals surface area contributed by atoms with Crippen LogP contribution < -0.4 is 10.1 Å². The van der Waals surface area contributed by atoms with E-state index in [4.69, 9.17) is 4.74 Å². The van der Waals surface area contributed by atoms with E-state index in [0.717, 1.165) is 0 Å². The fourth-order valence-corrected chi connectivity index (χ4v) is 2.42. The van der Waals surface area contributed by atoms with Gasteiger partial charge in [-0.1, -0.05) is 0 Å². The van der Waals surface area contributed by atoms with E-state index >= 15 is 0 Å². The molecular weight excluding hydrogens is 262 g/mol. The number of hydrogen-bond donors (Lipinski definition) is 1. The van der Waals surface area contributed by atoms with E-state index in [1.54, 1.807) is 0 Å². The van der Waals surface area contributed by atoms with E-state index in [2.05, 4.69) is 5.32 Å². The molecule has 0 saturated carbocycles. The van der Waals surface area contributed by atoms with E-state index < -0.39 is 24.1 Å². The van der Waals surface area contributed by atoms with Crippen molar-refractivity contribution in [2.24, 2.45) is 0 Å². The first kappa shape index (κ1) is 14.1. The number of alkyl halides is 3. The Hall–Kier alpha value is -1.30. The lowest BCUT2D eigenvalue weighted by Crippen LogP contribution is -2.46. The van der Waals surface area contributed by atoms with Crippen molar-refractivity contribution in [3.63, 3.8) is 0 Å². The minimum absolute atomic E-state index is 0.0532. The van der Waals surface area contributed by atoms with E-state index in [-0.39, 0.29) is 6.42 Å². The first-order valence-corrected chi connectivity index (χ1v) is 6.08. The third-order valence-corrected chi connectivity index (χ3v) is 3.35. The molecule has 0 spiro atoms. The molecule has 1 aromatic carbocycles. The topological polar surface area (TPSA) is 21.3 Å². The molecule has 1 heterocycles. The van der Waals surface area contributed by atoms with Gasteiger partial charge >= 0.3 is 6.18 Å². The number of methoxy groups -OCH3 is 1. The average Bonchev–Trinajstić information content (AvgIpc) is 2.38. The Morgan fingerprint density at radius 1 is 1.26 bits per heavy atom. The van der Waals surface area contributed by atoms with Crippen LogP contribution in [0.25, 0.3) is 0 Å². The number of ether oxygens (including phenoxy) is 1. The molecule has 2 unspecified atom stereocenters. The minimum Gasteiger partial charge on any atom is -0.496 e. The van der Waals surface area contributed by atoms with Crippen molar-refractivity contribution in [2.45, 2.75) is 37.5 Å². The second kappa shape index (κ2) is 5.36. The molecule has 0 bridgehead atoms. The predicted molar refractivity (Wildman–Crippen MR) is 62.5 cm³/mol. The predicted octanol–water partition coefficient (Wildman–Crippen LogP) is 3.58. The Bertz CT molecular complexity index is 447. The summed E-state index contributed by atoms with van der Waals surface area (Å²) < 4.78 is 56.5. The van der Waals surface area contributed by atoms with E-state index in [0.29, 0.717) is 24.2 Å². The van der Waals surface area contributed by atoms with Crippen LogP contribution in [0.1, 0.15) is 30.9 Å². The van der Waals surface area contributed by atoms with Crippen molar-refractivity contribution < 1.29 is 22.3 Å². The van der Waals surface area contributed by atoms with Gasteiger partial charge in [0.15, 0.2) is 0 Å². The third-order valence-electron chi connectivity index (χ3n) is 3.35. The van der Waals surface area contributed by atoms with Gasteiger partial charge in [-0.3, -0.25) is 5.32 Å². The molecular formula is C13H15F4NO. The summed E-state index contributed by atoms with van der Waals surface area (Å²) in [6.45, 7) is 0. The van der Waals surface area contributed by atoms with E-state index in [9.17, 15) is 17.6 Å². The standard InChI is InChI=1S/C13H15F4NO/c1-19-11-6-5-8(14)7-9(11)10-3-2-4-12(18-10)13(15,16)17/h5-7,10,12,18H,2-4H2,1H3. The molecule has 1 aromatic rings. The summed E-state index contributed by atoms with van der Waals surface area (Å²) in [5.41, 5.74) is 0.441. The molecule has 19 heavy (non-hydrogen) atoms. The minimum atomic E-state index is -4.28. The first-order valence-electron chi connectivity index (χ1n) is 6.08. The molecule has 0 radical (unpaired) electrons. The molecule has 2 nitrogen and oxygen atoms in total. The number of halogens is 4. The maximum absolute atomic E-state index is 13.3.